The van der Waals surface area contributed by atoms with Crippen LogP contribution in [0, 0.1) is 11.3 Å². The van der Waals surface area contributed by atoms with Crippen LogP contribution in [0.1, 0.15) is 44.9 Å². The van der Waals surface area contributed by atoms with Crippen molar-refractivity contribution in [3.8, 4) is 0 Å². The second-order valence-corrected chi connectivity index (χ2v) is 7.07. The minimum absolute atomic E-state index is 0.139. The zero-order valence-corrected chi connectivity index (χ0v) is 13.1. The molecule has 1 heterocycles. The number of carbonyl (C=O) groups excluding carboxylic acids is 1. The van der Waals surface area contributed by atoms with Crippen LogP contribution in [0.4, 0.5) is 0 Å². The van der Waals surface area contributed by atoms with Gasteiger partial charge in [-0.25, -0.2) is 0 Å². The summed E-state index contributed by atoms with van der Waals surface area (Å²) in [5, 5.41) is 5.00. The van der Waals surface area contributed by atoms with Crippen LogP contribution in [-0.2, 0) is 11.3 Å². The molecule has 0 saturated carbocycles. The minimum Gasteiger partial charge on any atom is -0.351 e. The Balaban J connectivity index is 2.31. The van der Waals surface area contributed by atoms with Crippen LogP contribution >= 0.6 is 11.3 Å². The predicted octanol–water partition coefficient (Wildman–Crippen LogP) is 3.16. The van der Waals surface area contributed by atoms with Gasteiger partial charge < -0.3 is 11.1 Å². The van der Waals surface area contributed by atoms with Gasteiger partial charge >= 0.3 is 0 Å². The van der Waals surface area contributed by atoms with E-state index in [1.807, 2.05) is 17.5 Å². The number of thiophene rings is 1. The first kappa shape index (κ1) is 16.2. The molecule has 1 rings (SSSR count). The zero-order chi connectivity index (χ0) is 14.3. The third-order valence-electron chi connectivity index (χ3n) is 3.50. The Labute approximate surface area is 120 Å². The summed E-state index contributed by atoms with van der Waals surface area (Å²) in [4.78, 5) is 13.0. The number of carbonyl (C=O) groups is 1. The predicted molar refractivity (Wildman–Crippen MR) is 82.0 cm³/mol. The van der Waals surface area contributed by atoms with Crippen LogP contribution < -0.4 is 11.1 Å². The lowest BCUT2D eigenvalue weighted by molar-refractivity contribution is -0.121. The molecule has 0 aliphatic carbocycles. The second-order valence-electron chi connectivity index (χ2n) is 6.04. The van der Waals surface area contributed by atoms with Crippen molar-refractivity contribution in [2.45, 2.75) is 46.6 Å². The Morgan fingerprint density at radius 1 is 1.42 bits per heavy atom. The number of hydrogen-bond donors (Lipinski definition) is 2. The van der Waals surface area contributed by atoms with Crippen molar-refractivity contribution in [1.82, 2.24) is 5.32 Å². The summed E-state index contributed by atoms with van der Waals surface area (Å²) in [5.41, 5.74) is 5.87. The van der Waals surface area contributed by atoms with Crippen molar-refractivity contribution < 1.29 is 4.79 Å². The van der Waals surface area contributed by atoms with Crippen LogP contribution in [0.2, 0.25) is 0 Å². The normalized spacial score (nSPS) is 13.3. The second kappa shape index (κ2) is 7.65. The first-order chi connectivity index (χ1) is 8.93. The lowest BCUT2D eigenvalue weighted by Gasteiger charge is -2.30. The Kier molecular flexibility index (Phi) is 6.52. The van der Waals surface area contributed by atoms with Gasteiger partial charge in [-0.3, -0.25) is 4.79 Å². The topological polar surface area (TPSA) is 55.1 Å². The fourth-order valence-electron chi connectivity index (χ4n) is 2.20. The molecule has 1 atom stereocenters. The monoisotopic (exact) mass is 282 g/mol. The molecule has 0 radical (unpaired) electrons. The summed E-state index contributed by atoms with van der Waals surface area (Å²) in [6, 6.07) is 4.04. The van der Waals surface area contributed by atoms with Crippen molar-refractivity contribution in [2.24, 2.45) is 17.1 Å². The molecule has 1 aromatic heterocycles. The van der Waals surface area contributed by atoms with Gasteiger partial charge in [-0.2, -0.15) is 0 Å². The molecule has 1 amide bonds. The lowest BCUT2D eigenvalue weighted by Crippen LogP contribution is -2.27. The average Bonchev–Trinajstić information content (AvgIpc) is 2.83. The highest BCUT2D eigenvalue weighted by atomic mass is 32.1. The maximum atomic E-state index is 11.8. The molecule has 0 aliphatic heterocycles. The first-order valence-corrected chi connectivity index (χ1v) is 7.80. The number of amides is 1. The van der Waals surface area contributed by atoms with Gasteiger partial charge in [-0.15, -0.1) is 11.3 Å². The largest absolute Gasteiger partial charge is 0.351 e. The van der Waals surface area contributed by atoms with Gasteiger partial charge in [-0.05, 0) is 42.2 Å². The SMILES string of the molecule is CC(C)(C)C(CCN)CCC(=O)NCc1cccs1. The number of nitrogens with two attached hydrogens (primary N) is 1. The van der Waals surface area contributed by atoms with Gasteiger partial charge in [0, 0.05) is 11.3 Å². The van der Waals surface area contributed by atoms with E-state index < -0.39 is 0 Å². The van der Waals surface area contributed by atoms with E-state index >= 15 is 0 Å². The van der Waals surface area contributed by atoms with Gasteiger partial charge in [0.1, 0.15) is 0 Å². The quantitative estimate of drug-likeness (QED) is 0.807. The van der Waals surface area contributed by atoms with E-state index in [0.29, 0.717) is 25.4 Å². The van der Waals surface area contributed by atoms with Crippen LogP contribution in [0.15, 0.2) is 17.5 Å². The Hall–Kier alpha value is -0.870. The van der Waals surface area contributed by atoms with Crippen LogP contribution in [0.25, 0.3) is 0 Å². The fraction of sp³-hybridized carbons (Fsp3) is 0.667. The van der Waals surface area contributed by atoms with Crippen LogP contribution in [0.3, 0.4) is 0 Å². The highest BCUT2D eigenvalue weighted by Crippen LogP contribution is 2.31. The Morgan fingerprint density at radius 2 is 2.16 bits per heavy atom. The van der Waals surface area contributed by atoms with E-state index in [0.717, 1.165) is 12.8 Å². The summed E-state index contributed by atoms with van der Waals surface area (Å²) >= 11 is 1.67. The highest BCUT2D eigenvalue weighted by molar-refractivity contribution is 7.09. The summed E-state index contributed by atoms with van der Waals surface area (Å²) < 4.78 is 0. The van der Waals surface area contributed by atoms with E-state index in [2.05, 4.69) is 26.1 Å². The third-order valence-corrected chi connectivity index (χ3v) is 4.38. The molecule has 3 nitrogen and oxygen atoms in total. The Bertz CT molecular complexity index is 368. The van der Waals surface area contributed by atoms with Crippen molar-refractivity contribution in [1.29, 1.82) is 0 Å². The van der Waals surface area contributed by atoms with Gasteiger partial charge in [-0.1, -0.05) is 26.8 Å². The molecule has 4 heteroatoms. The van der Waals surface area contributed by atoms with Crippen molar-refractivity contribution >= 4 is 17.2 Å². The molecule has 3 N–H and O–H groups in total. The zero-order valence-electron chi connectivity index (χ0n) is 12.2. The van der Waals surface area contributed by atoms with Crippen molar-refractivity contribution in [2.75, 3.05) is 6.54 Å². The van der Waals surface area contributed by atoms with E-state index in [9.17, 15) is 4.79 Å². The third kappa shape index (κ3) is 6.21. The fourth-order valence-corrected chi connectivity index (χ4v) is 2.85. The summed E-state index contributed by atoms with van der Waals surface area (Å²) in [7, 11) is 0. The smallest absolute Gasteiger partial charge is 0.220 e. The molecule has 108 valence electrons. The lowest BCUT2D eigenvalue weighted by atomic mass is 9.76. The molecule has 19 heavy (non-hydrogen) atoms. The van der Waals surface area contributed by atoms with Gasteiger partial charge in [0.15, 0.2) is 0 Å². The number of hydrogen-bond acceptors (Lipinski definition) is 3. The van der Waals surface area contributed by atoms with Crippen LogP contribution in [0.5, 0.6) is 0 Å². The molecule has 0 bridgehead atoms. The maximum Gasteiger partial charge on any atom is 0.220 e. The van der Waals surface area contributed by atoms with E-state index in [-0.39, 0.29) is 11.3 Å². The van der Waals surface area contributed by atoms with E-state index in [1.165, 1.54) is 4.88 Å². The first-order valence-electron chi connectivity index (χ1n) is 6.92. The van der Waals surface area contributed by atoms with Crippen molar-refractivity contribution in [3.63, 3.8) is 0 Å². The molecule has 0 aliphatic rings. The highest BCUT2D eigenvalue weighted by Gasteiger charge is 2.24. The molecule has 1 unspecified atom stereocenters. The summed E-state index contributed by atoms with van der Waals surface area (Å²) in [6.45, 7) is 8.00. The van der Waals surface area contributed by atoms with Gasteiger partial charge in [0.05, 0.1) is 6.54 Å². The van der Waals surface area contributed by atoms with E-state index in [1.54, 1.807) is 11.3 Å². The number of nitrogens with one attached hydrogen (secondary N) is 1. The molecule has 1 aromatic rings. The molecule has 0 saturated heterocycles. The molecular weight excluding hydrogens is 256 g/mol. The standard InChI is InChI=1S/C15H26N2OS/c1-15(2,3)12(8-9-16)6-7-14(18)17-11-13-5-4-10-19-13/h4-5,10,12H,6-9,11,16H2,1-3H3,(H,17,18). The Morgan fingerprint density at radius 3 is 2.68 bits per heavy atom. The van der Waals surface area contributed by atoms with Gasteiger partial charge in [0.25, 0.3) is 0 Å². The maximum absolute atomic E-state index is 11.8. The number of rotatable bonds is 7. The minimum atomic E-state index is 0.139. The summed E-state index contributed by atoms with van der Waals surface area (Å²) in [5.74, 6) is 0.643. The van der Waals surface area contributed by atoms with E-state index in [4.69, 9.17) is 5.73 Å². The molecule has 0 fully saturated rings. The molecular formula is C15H26N2OS. The molecule has 0 spiro atoms. The molecule has 0 aromatic carbocycles. The average molecular weight is 282 g/mol. The van der Waals surface area contributed by atoms with Gasteiger partial charge in [0.2, 0.25) is 5.91 Å². The summed E-state index contributed by atoms with van der Waals surface area (Å²) in [6.07, 6.45) is 2.49. The van der Waals surface area contributed by atoms with Crippen molar-refractivity contribution in [3.05, 3.63) is 22.4 Å². The van der Waals surface area contributed by atoms with Crippen LogP contribution in [-0.4, -0.2) is 12.5 Å².